The number of aliphatic hydroxyl groups excluding tert-OH is 1. The smallest absolute Gasteiger partial charge is 0.416 e. The third kappa shape index (κ3) is 10.6. The molecule has 4 atom stereocenters. The van der Waals surface area contributed by atoms with Crippen LogP contribution in [0.2, 0.25) is 0 Å². The van der Waals surface area contributed by atoms with E-state index in [-0.39, 0.29) is 46.8 Å². The van der Waals surface area contributed by atoms with Crippen LogP contribution in [0.3, 0.4) is 0 Å². The van der Waals surface area contributed by atoms with Gasteiger partial charge in [0, 0.05) is 44.0 Å². The highest BCUT2D eigenvalue weighted by molar-refractivity contribution is 7.89. The molecular formula is C36H44F4N4O7S. The van der Waals surface area contributed by atoms with Crippen molar-refractivity contribution in [2.75, 3.05) is 44.0 Å². The number of benzene rings is 3. The lowest BCUT2D eigenvalue weighted by Gasteiger charge is -2.35. The van der Waals surface area contributed by atoms with E-state index in [0.717, 1.165) is 40.7 Å². The van der Waals surface area contributed by atoms with Gasteiger partial charge in [-0.2, -0.15) is 17.5 Å². The van der Waals surface area contributed by atoms with Crippen molar-refractivity contribution >= 4 is 33.3 Å². The van der Waals surface area contributed by atoms with Crippen molar-refractivity contribution in [1.29, 1.82) is 0 Å². The maximum Gasteiger partial charge on any atom is 0.416 e. The number of carbonyl (C=O) groups excluding carboxylic acids is 2. The normalized spacial score (nSPS) is 20.0. The fourth-order valence-corrected chi connectivity index (χ4v) is 6.82. The van der Waals surface area contributed by atoms with Gasteiger partial charge in [0.2, 0.25) is 10.0 Å². The second kappa shape index (κ2) is 17.5. The summed E-state index contributed by atoms with van der Waals surface area (Å²) >= 11 is 0. The largest absolute Gasteiger partial charge is 0.490 e. The molecule has 0 fully saturated rings. The van der Waals surface area contributed by atoms with E-state index in [0.29, 0.717) is 25.9 Å². The highest BCUT2D eigenvalue weighted by atomic mass is 32.2. The van der Waals surface area contributed by atoms with Gasteiger partial charge in [0.15, 0.2) is 0 Å². The molecule has 1 aliphatic rings. The van der Waals surface area contributed by atoms with Crippen LogP contribution in [0.5, 0.6) is 5.75 Å². The van der Waals surface area contributed by atoms with E-state index in [9.17, 15) is 40.7 Å². The Labute approximate surface area is 300 Å². The van der Waals surface area contributed by atoms with E-state index < -0.39 is 64.2 Å². The first-order valence-corrected chi connectivity index (χ1v) is 18.2. The molecule has 0 bridgehead atoms. The predicted molar refractivity (Wildman–Crippen MR) is 187 cm³/mol. The fourth-order valence-electron chi connectivity index (χ4n) is 5.64. The van der Waals surface area contributed by atoms with Gasteiger partial charge in [0.25, 0.3) is 5.91 Å². The molecule has 0 radical (unpaired) electrons. The summed E-state index contributed by atoms with van der Waals surface area (Å²) in [5.41, 5.74) is -0.486. The number of fused-ring (bicyclic) bond motifs is 1. The van der Waals surface area contributed by atoms with Gasteiger partial charge in [-0.25, -0.2) is 17.6 Å². The van der Waals surface area contributed by atoms with Crippen molar-refractivity contribution in [1.82, 2.24) is 9.21 Å². The van der Waals surface area contributed by atoms with E-state index in [1.807, 2.05) is 13.8 Å². The molecule has 52 heavy (non-hydrogen) atoms. The van der Waals surface area contributed by atoms with Gasteiger partial charge in [0.05, 0.1) is 40.9 Å². The lowest BCUT2D eigenvalue weighted by molar-refractivity contribution is -0.137. The summed E-state index contributed by atoms with van der Waals surface area (Å²) in [4.78, 5) is 28.5. The van der Waals surface area contributed by atoms with Gasteiger partial charge in [-0.05, 0) is 99.8 Å². The number of urea groups is 1. The van der Waals surface area contributed by atoms with Crippen LogP contribution in [0, 0.1) is 11.7 Å². The minimum Gasteiger partial charge on any atom is -0.490 e. The van der Waals surface area contributed by atoms with Gasteiger partial charge < -0.3 is 30.1 Å². The van der Waals surface area contributed by atoms with E-state index in [4.69, 9.17) is 9.47 Å². The molecule has 3 N–H and O–H groups in total. The molecule has 11 nitrogen and oxygen atoms in total. The predicted octanol–water partition coefficient (Wildman–Crippen LogP) is 6.60. The van der Waals surface area contributed by atoms with Crippen LogP contribution in [0.1, 0.15) is 56.0 Å². The zero-order valence-corrected chi connectivity index (χ0v) is 30.1. The van der Waals surface area contributed by atoms with Crippen molar-refractivity contribution < 1.29 is 50.1 Å². The summed E-state index contributed by atoms with van der Waals surface area (Å²) in [5, 5.41) is 15.3. The van der Waals surface area contributed by atoms with Gasteiger partial charge in [-0.15, -0.1) is 0 Å². The number of hydrogen-bond donors (Lipinski definition) is 3. The van der Waals surface area contributed by atoms with Crippen molar-refractivity contribution in [2.24, 2.45) is 5.92 Å². The van der Waals surface area contributed by atoms with E-state index in [2.05, 4.69) is 10.6 Å². The Morgan fingerprint density at radius 1 is 1.02 bits per heavy atom. The Hall–Kier alpha value is -4.25. The number of ether oxygens (including phenoxy) is 2. The van der Waals surface area contributed by atoms with Crippen LogP contribution >= 0.6 is 0 Å². The number of carbonyl (C=O) groups is 2. The molecule has 0 saturated heterocycles. The minimum absolute atomic E-state index is 0.0384. The summed E-state index contributed by atoms with van der Waals surface area (Å²) in [6.45, 7) is 5.18. The zero-order valence-electron chi connectivity index (χ0n) is 29.3. The molecule has 3 aromatic rings. The third-order valence-electron chi connectivity index (χ3n) is 8.74. The van der Waals surface area contributed by atoms with Crippen LogP contribution in [0.4, 0.5) is 33.7 Å². The standard InChI is InChI=1S/C36H44F4N4O7S/c1-23-20-44(24(2)22-45)34(46)31-19-29(42-35(47)41-28-12-8-26(9-13-28)36(38,39)40)14-17-32(31)51-25(3)7-5-6-18-50-33(23)21-43(4)52(48,49)30-15-10-27(37)11-16-30/h8-17,19,23-25,33,45H,5-7,18,20-22H2,1-4H3,(H2,41,42,47)/t23-,24-,25+,33+/m1/s1. The van der Waals surface area contributed by atoms with Crippen LogP contribution < -0.4 is 15.4 Å². The fraction of sp³-hybridized carbons (Fsp3) is 0.444. The van der Waals surface area contributed by atoms with E-state index >= 15 is 0 Å². The molecule has 1 heterocycles. The summed E-state index contributed by atoms with van der Waals surface area (Å²) in [6, 6.07) is 11.4. The average Bonchev–Trinajstić information content (AvgIpc) is 3.09. The molecular weight excluding hydrogens is 708 g/mol. The molecule has 0 spiro atoms. The average molecular weight is 753 g/mol. The topological polar surface area (TPSA) is 138 Å². The highest BCUT2D eigenvalue weighted by Gasteiger charge is 2.33. The first-order valence-electron chi connectivity index (χ1n) is 16.8. The maximum absolute atomic E-state index is 14.3. The molecule has 3 amide bonds. The third-order valence-corrected chi connectivity index (χ3v) is 10.6. The monoisotopic (exact) mass is 752 g/mol. The molecule has 0 aliphatic carbocycles. The number of likely N-dealkylation sites (N-methyl/N-ethyl adjacent to an activating group) is 1. The van der Waals surface area contributed by atoms with Gasteiger partial charge >= 0.3 is 12.2 Å². The molecule has 0 unspecified atom stereocenters. The summed E-state index contributed by atoms with van der Waals surface area (Å²) in [6.07, 6.45) is -3.60. The second-order valence-corrected chi connectivity index (χ2v) is 14.9. The van der Waals surface area contributed by atoms with E-state index in [1.165, 1.54) is 42.3 Å². The Morgan fingerprint density at radius 3 is 2.29 bits per heavy atom. The van der Waals surface area contributed by atoms with Crippen molar-refractivity contribution in [3.8, 4) is 5.75 Å². The number of anilines is 2. The van der Waals surface area contributed by atoms with Crippen LogP contribution in [0.15, 0.2) is 71.6 Å². The molecule has 4 rings (SSSR count). The van der Waals surface area contributed by atoms with Gasteiger partial charge in [0.1, 0.15) is 11.6 Å². The van der Waals surface area contributed by atoms with Crippen LogP contribution in [-0.2, 0) is 20.9 Å². The molecule has 0 saturated carbocycles. The summed E-state index contributed by atoms with van der Waals surface area (Å²) in [5.74, 6) is -1.32. The lowest BCUT2D eigenvalue weighted by Crippen LogP contribution is -2.48. The van der Waals surface area contributed by atoms with Crippen LogP contribution in [-0.4, -0.2) is 86.3 Å². The number of rotatable bonds is 8. The molecule has 0 aromatic heterocycles. The Balaban J connectivity index is 1.60. The Morgan fingerprint density at radius 2 is 1.65 bits per heavy atom. The molecule has 1 aliphatic heterocycles. The number of halogens is 4. The molecule has 284 valence electrons. The van der Waals surface area contributed by atoms with Crippen molar-refractivity contribution in [2.45, 2.75) is 69.4 Å². The van der Waals surface area contributed by atoms with E-state index in [1.54, 1.807) is 6.92 Å². The van der Waals surface area contributed by atoms with Crippen molar-refractivity contribution in [3.05, 3.63) is 83.7 Å². The first-order chi connectivity index (χ1) is 24.5. The second-order valence-electron chi connectivity index (χ2n) is 12.9. The highest BCUT2D eigenvalue weighted by Crippen LogP contribution is 2.31. The van der Waals surface area contributed by atoms with Gasteiger partial charge in [-0.3, -0.25) is 4.79 Å². The number of nitrogens with zero attached hydrogens (tertiary/aromatic N) is 2. The quantitative estimate of drug-likeness (QED) is 0.221. The number of amides is 3. The Kier molecular flexibility index (Phi) is 13.6. The molecule has 16 heteroatoms. The minimum atomic E-state index is -4.53. The number of sulfonamides is 1. The number of hydrogen-bond acceptors (Lipinski definition) is 7. The summed E-state index contributed by atoms with van der Waals surface area (Å²) < 4.78 is 92.6. The lowest BCUT2D eigenvalue weighted by atomic mass is 10.0. The van der Waals surface area contributed by atoms with Crippen LogP contribution in [0.25, 0.3) is 0 Å². The molecule has 3 aromatic carbocycles. The SMILES string of the molecule is C[C@@H]1CN([C@H](C)CO)C(=O)c2cc(NC(=O)Nc3ccc(C(F)(F)F)cc3)ccc2O[C@@H](C)CCCCO[C@H]1CN(C)S(=O)(=O)c1ccc(F)cc1. The summed E-state index contributed by atoms with van der Waals surface area (Å²) in [7, 11) is -2.61. The first kappa shape index (κ1) is 40.5. The zero-order chi connectivity index (χ0) is 38.2. The maximum atomic E-state index is 14.3. The number of aliphatic hydroxyl groups is 1. The number of nitrogens with one attached hydrogen (secondary N) is 2. The van der Waals surface area contributed by atoms with Gasteiger partial charge in [-0.1, -0.05) is 6.92 Å². The van der Waals surface area contributed by atoms with Crippen molar-refractivity contribution in [3.63, 3.8) is 0 Å². The Bertz CT molecular complexity index is 1780. The number of alkyl halides is 3.